The highest BCUT2D eigenvalue weighted by Crippen LogP contribution is 2.63. The molecule has 0 amide bonds. The number of ether oxygens (including phenoxy) is 1. The monoisotopic (exact) mass is 419 g/mol. The van der Waals surface area contributed by atoms with Crippen LogP contribution in [0.25, 0.3) is 0 Å². The average molecular weight is 420 g/mol. The van der Waals surface area contributed by atoms with Crippen molar-refractivity contribution in [3.05, 3.63) is 24.3 Å². The van der Waals surface area contributed by atoms with Crippen molar-refractivity contribution in [2.75, 3.05) is 31.7 Å². The maximum atomic E-state index is 13.0. The van der Waals surface area contributed by atoms with Crippen molar-refractivity contribution in [3.63, 3.8) is 0 Å². The standard InChI is InChI=1S/C20H36O5PS/c1-4-7-16-26(17-8-5-2,18-9-6-3)25-27(22,23)20-12-10-19(11-13-20)24-15-14-21/h10-13,21H,4-9,14-18H2,1-3H3/q+1. The Morgan fingerprint density at radius 3 is 1.78 bits per heavy atom. The van der Waals surface area contributed by atoms with Crippen LogP contribution in [0.1, 0.15) is 59.3 Å². The molecule has 0 aliphatic heterocycles. The van der Waals surface area contributed by atoms with Gasteiger partial charge in [-0.3, -0.25) is 0 Å². The lowest BCUT2D eigenvalue weighted by molar-refractivity contribution is 0.201. The van der Waals surface area contributed by atoms with Crippen molar-refractivity contribution in [2.24, 2.45) is 0 Å². The first-order valence-electron chi connectivity index (χ1n) is 10.1. The van der Waals surface area contributed by atoms with E-state index in [0.717, 1.165) is 57.0 Å². The fraction of sp³-hybridized carbons (Fsp3) is 0.700. The lowest BCUT2D eigenvalue weighted by atomic mass is 10.3. The van der Waals surface area contributed by atoms with Gasteiger partial charge in [0.05, 0.1) is 30.0 Å². The summed E-state index contributed by atoms with van der Waals surface area (Å²) in [6.45, 7) is 6.50. The maximum Gasteiger partial charge on any atom is 0.328 e. The zero-order valence-electron chi connectivity index (χ0n) is 17.0. The Hall–Kier alpha value is -0.680. The maximum absolute atomic E-state index is 13.0. The van der Waals surface area contributed by atoms with E-state index in [1.54, 1.807) is 12.1 Å². The van der Waals surface area contributed by atoms with Crippen LogP contribution in [0.4, 0.5) is 0 Å². The molecule has 1 rings (SSSR count). The third-order valence-corrected chi connectivity index (χ3v) is 10.8. The third kappa shape index (κ3) is 8.47. The molecule has 0 fully saturated rings. The molecule has 156 valence electrons. The van der Waals surface area contributed by atoms with Crippen molar-refractivity contribution in [3.8, 4) is 5.75 Å². The molecule has 1 aromatic rings. The zero-order valence-corrected chi connectivity index (χ0v) is 18.7. The predicted octanol–water partition coefficient (Wildman–Crippen LogP) is 5.10. The summed E-state index contributed by atoms with van der Waals surface area (Å²) in [5.41, 5.74) is 0. The minimum absolute atomic E-state index is 0.0809. The van der Waals surface area contributed by atoms with Gasteiger partial charge in [0.1, 0.15) is 12.4 Å². The van der Waals surface area contributed by atoms with Gasteiger partial charge in [0.25, 0.3) is 0 Å². The van der Waals surface area contributed by atoms with Gasteiger partial charge in [-0.05, 0) is 43.5 Å². The Kier molecular flexibility index (Phi) is 11.5. The van der Waals surface area contributed by atoms with E-state index in [1.165, 1.54) is 12.1 Å². The van der Waals surface area contributed by atoms with Crippen LogP contribution >= 0.6 is 7.49 Å². The lowest BCUT2D eigenvalue weighted by Crippen LogP contribution is -2.17. The molecule has 0 atom stereocenters. The normalized spacial score (nSPS) is 12.3. The van der Waals surface area contributed by atoms with Gasteiger partial charge in [-0.15, -0.1) is 3.97 Å². The van der Waals surface area contributed by atoms with Crippen LogP contribution < -0.4 is 4.74 Å². The number of aliphatic hydroxyl groups is 1. The molecule has 0 aromatic heterocycles. The van der Waals surface area contributed by atoms with E-state index in [1.807, 2.05) is 0 Å². The first-order valence-corrected chi connectivity index (χ1v) is 13.8. The number of unbranched alkanes of at least 4 members (excludes halogenated alkanes) is 3. The van der Waals surface area contributed by atoms with E-state index < -0.39 is 17.6 Å². The number of aliphatic hydroxyl groups excluding tert-OH is 1. The number of benzene rings is 1. The quantitative estimate of drug-likeness (QED) is 0.401. The van der Waals surface area contributed by atoms with Crippen LogP contribution in [0.5, 0.6) is 5.75 Å². The van der Waals surface area contributed by atoms with Gasteiger partial charge in [-0.2, -0.15) is 8.42 Å². The highest BCUT2D eigenvalue weighted by molar-refractivity contribution is 7.94. The molecule has 1 N–H and O–H groups in total. The lowest BCUT2D eigenvalue weighted by Gasteiger charge is -2.25. The summed E-state index contributed by atoms with van der Waals surface area (Å²) < 4.78 is 37.3. The topological polar surface area (TPSA) is 72.8 Å². The van der Waals surface area contributed by atoms with Gasteiger partial charge < -0.3 is 9.84 Å². The highest BCUT2D eigenvalue weighted by Gasteiger charge is 2.43. The molecule has 0 bridgehead atoms. The third-order valence-electron chi connectivity index (χ3n) is 4.49. The summed E-state index contributed by atoms with van der Waals surface area (Å²) in [4.78, 5) is 0.174. The fourth-order valence-electron chi connectivity index (χ4n) is 2.90. The van der Waals surface area contributed by atoms with Crippen LogP contribution in [0.2, 0.25) is 0 Å². The van der Waals surface area contributed by atoms with Crippen molar-refractivity contribution in [1.82, 2.24) is 0 Å². The van der Waals surface area contributed by atoms with E-state index in [9.17, 15) is 8.42 Å². The molecule has 0 saturated heterocycles. The molecule has 0 saturated carbocycles. The van der Waals surface area contributed by atoms with E-state index in [-0.39, 0.29) is 18.1 Å². The smallest absolute Gasteiger partial charge is 0.328 e. The largest absolute Gasteiger partial charge is 0.491 e. The molecule has 0 aliphatic carbocycles. The molecule has 0 radical (unpaired) electrons. The van der Waals surface area contributed by atoms with Crippen LogP contribution in [0.3, 0.4) is 0 Å². The van der Waals surface area contributed by atoms with E-state index >= 15 is 0 Å². The molecule has 1 aromatic carbocycles. The summed E-state index contributed by atoms with van der Waals surface area (Å²) in [7, 11) is -5.82. The molecule has 0 heterocycles. The average Bonchev–Trinajstić information content (AvgIpc) is 2.67. The Morgan fingerprint density at radius 2 is 1.37 bits per heavy atom. The van der Waals surface area contributed by atoms with Gasteiger partial charge >= 0.3 is 10.1 Å². The van der Waals surface area contributed by atoms with Crippen molar-refractivity contribution < 1.29 is 22.2 Å². The predicted molar refractivity (Wildman–Crippen MR) is 114 cm³/mol. The van der Waals surface area contributed by atoms with Gasteiger partial charge in [-0.25, -0.2) is 0 Å². The second-order valence-electron chi connectivity index (χ2n) is 6.86. The molecule has 0 aliphatic rings. The second kappa shape index (κ2) is 12.7. The summed E-state index contributed by atoms with van der Waals surface area (Å²) in [5.74, 6) is 0.534. The summed E-state index contributed by atoms with van der Waals surface area (Å²) in [6, 6.07) is 6.26. The number of hydrogen-bond acceptors (Lipinski definition) is 5. The van der Waals surface area contributed by atoms with Crippen molar-refractivity contribution in [1.29, 1.82) is 0 Å². The van der Waals surface area contributed by atoms with Crippen LogP contribution in [-0.2, 0) is 14.1 Å². The van der Waals surface area contributed by atoms with Gasteiger partial charge in [-0.1, -0.05) is 40.0 Å². The molecule has 0 spiro atoms. The molecular formula is C20H36O5PS+. The number of rotatable bonds is 15. The molecule has 27 heavy (non-hydrogen) atoms. The molecule has 0 unspecified atom stereocenters. The van der Waals surface area contributed by atoms with Crippen LogP contribution in [0, 0.1) is 0 Å². The molecule has 7 heteroatoms. The minimum atomic E-state index is -3.80. The molecular weight excluding hydrogens is 383 g/mol. The Labute approximate surface area is 166 Å². The summed E-state index contributed by atoms with van der Waals surface area (Å²) >= 11 is 0. The van der Waals surface area contributed by atoms with Crippen LogP contribution in [0.15, 0.2) is 29.2 Å². The van der Waals surface area contributed by atoms with Crippen molar-refractivity contribution in [2.45, 2.75) is 64.2 Å². The Bertz CT molecular complexity index is 594. The summed E-state index contributed by atoms with van der Waals surface area (Å²) in [5, 5.41) is 8.81. The minimum Gasteiger partial charge on any atom is -0.491 e. The molecule has 5 nitrogen and oxygen atoms in total. The number of hydrogen-bond donors (Lipinski definition) is 1. The van der Waals surface area contributed by atoms with Gasteiger partial charge in [0, 0.05) is 0 Å². The van der Waals surface area contributed by atoms with Crippen molar-refractivity contribution >= 4 is 17.6 Å². The van der Waals surface area contributed by atoms with E-state index in [2.05, 4.69) is 20.8 Å². The Balaban J connectivity index is 3.03. The fourth-order valence-corrected chi connectivity index (χ4v) is 9.63. The van der Waals surface area contributed by atoms with E-state index in [4.69, 9.17) is 13.8 Å². The first-order chi connectivity index (χ1) is 12.9. The first kappa shape index (κ1) is 24.4. The zero-order chi connectivity index (χ0) is 20.2. The second-order valence-corrected chi connectivity index (χ2v) is 12.3. The SMILES string of the molecule is CCCC[P+](CCCC)(CCCC)OS(=O)(=O)c1ccc(OCCO)cc1. The van der Waals surface area contributed by atoms with E-state index in [0.29, 0.717) is 5.75 Å². The Morgan fingerprint density at radius 1 is 0.889 bits per heavy atom. The van der Waals surface area contributed by atoms with Gasteiger partial charge in [0.2, 0.25) is 0 Å². The van der Waals surface area contributed by atoms with Gasteiger partial charge in [0.15, 0.2) is 7.49 Å². The summed E-state index contributed by atoms with van der Waals surface area (Å²) in [6.07, 6.45) is 8.77. The highest BCUT2D eigenvalue weighted by atomic mass is 32.2. The van der Waals surface area contributed by atoms with Crippen LogP contribution in [-0.4, -0.2) is 45.2 Å².